The summed E-state index contributed by atoms with van der Waals surface area (Å²) in [7, 11) is 3.10. The van der Waals surface area contributed by atoms with Gasteiger partial charge in [0.1, 0.15) is 5.75 Å². The van der Waals surface area contributed by atoms with E-state index < -0.39 is 5.92 Å². The first-order chi connectivity index (χ1) is 15.0. The van der Waals surface area contributed by atoms with Crippen LogP contribution in [0.1, 0.15) is 6.42 Å². The molecule has 166 valence electrons. The maximum Gasteiger partial charge on any atom is 0.231 e. The van der Waals surface area contributed by atoms with Gasteiger partial charge in [0, 0.05) is 26.6 Å². The number of hydrogen-bond donors (Lipinski definition) is 2. The highest BCUT2D eigenvalue weighted by atomic mass is 32.2. The summed E-state index contributed by atoms with van der Waals surface area (Å²) in [6.45, 7) is 1.15. The number of thioether (sulfide) groups is 1. The van der Waals surface area contributed by atoms with E-state index in [4.69, 9.17) is 9.47 Å². The highest BCUT2D eigenvalue weighted by Crippen LogP contribution is 2.33. The summed E-state index contributed by atoms with van der Waals surface area (Å²) in [6, 6.07) is 7.20. The number of amides is 3. The standard InChI is InChI=1S/C19H23N5O5S2/c1-28-8-7-20-15(25)11-30-19-23-22-18(31-19)21-17(27)12-9-16(26)24(10-12)13-5-3-4-6-14(13)29-2/h3-6,12H,7-11H2,1-2H3,(H,20,25)(H,21,22,27)/t12-/m0/s1. The summed E-state index contributed by atoms with van der Waals surface area (Å²) >= 11 is 2.41. The molecule has 3 amide bonds. The molecule has 0 aliphatic carbocycles. The predicted molar refractivity (Wildman–Crippen MR) is 118 cm³/mol. The second kappa shape index (κ2) is 11.1. The van der Waals surface area contributed by atoms with Crippen molar-refractivity contribution in [2.45, 2.75) is 10.8 Å². The molecule has 3 rings (SSSR count). The molecule has 10 nitrogen and oxygen atoms in total. The van der Waals surface area contributed by atoms with Crippen LogP contribution < -0.4 is 20.3 Å². The zero-order valence-corrected chi connectivity index (χ0v) is 18.8. The number of anilines is 2. The smallest absolute Gasteiger partial charge is 0.231 e. The summed E-state index contributed by atoms with van der Waals surface area (Å²) in [5.74, 6) is -0.313. The van der Waals surface area contributed by atoms with Crippen molar-refractivity contribution in [1.29, 1.82) is 0 Å². The monoisotopic (exact) mass is 465 g/mol. The van der Waals surface area contributed by atoms with Crippen molar-refractivity contribution in [3.8, 4) is 5.75 Å². The zero-order chi connectivity index (χ0) is 22.2. The lowest BCUT2D eigenvalue weighted by Crippen LogP contribution is -2.28. The Morgan fingerprint density at radius 2 is 2.10 bits per heavy atom. The number of nitrogens with zero attached hydrogens (tertiary/aromatic N) is 3. The van der Waals surface area contributed by atoms with E-state index in [1.807, 2.05) is 12.1 Å². The Balaban J connectivity index is 1.52. The van der Waals surface area contributed by atoms with Crippen molar-refractivity contribution in [2.75, 3.05) is 49.9 Å². The number of para-hydroxylation sites is 2. The van der Waals surface area contributed by atoms with Gasteiger partial charge in [-0.3, -0.25) is 14.4 Å². The molecular weight excluding hydrogens is 442 g/mol. The normalized spacial score (nSPS) is 15.7. The van der Waals surface area contributed by atoms with Crippen LogP contribution in [-0.4, -0.2) is 67.6 Å². The third-order valence-corrected chi connectivity index (χ3v) is 6.44. The number of rotatable bonds is 10. The minimum absolute atomic E-state index is 0.103. The molecule has 0 unspecified atom stereocenters. The molecule has 2 heterocycles. The molecule has 1 fully saturated rings. The van der Waals surface area contributed by atoms with E-state index in [-0.39, 0.29) is 36.4 Å². The van der Waals surface area contributed by atoms with Crippen LogP contribution in [0.5, 0.6) is 5.75 Å². The molecule has 0 spiro atoms. The lowest BCUT2D eigenvalue weighted by molar-refractivity contribution is -0.122. The van der Waals surface area contributed by atoms with Gasteiger partial charge in [-0.2, -0.15) is 0 Å². The fourth-order valence-electron chi connectivity index (χ4n) is 2.97. The average molecular weight is 466 g/mol. The van der Waals surface area contributed by atoms with Gasteiger partial charge in [0.15, 0.2) is 4.34 Å². The quantitative estimate of drug-likeness (QED) is 0.307. The minimum Gasteiger partial charge on any atom is -0.495 e. The zero-order valence-electron chi connectivity index (χ0n) is 17.1. The molecule has 1 atom stereocenters. The molecule has 2 aromatic rings. The van der Waals surface area contributed by atoms with Crippen LogP contribution in [0.15, 0.2) is 28.6 Å². The van der Waals surface area contributed by atoms with Gasteiger partial charge < -0.3 is 25.0 Å². The summed E-state index contributed by atoms with van der Waals surface area (Å²) in [6.07, 6.45) is 0.103. The van der Waals surface area contributed by atoms with Gasteiger partial charge in [-0.05, 0) is 12.1 Å². The van der Waals surface area contributed by atoms with Gasteiger partial charge in [0.25, 0.3) is 0 Å². The third-order valence-electron chi connectivity index (χ3n) is 4.46. The lowest BCUT2D eigenvalue weighted by Gasteiger charge is -2.19. The maximum atomic E-state index is 12.6. The molecule has 2 N–H and O–H groups in total. The van der Waals surface area contributed by atoms with Gasteiger partial charge in [0.2, 0.25) is 22.9 Å². The minimum atomic E-state index is -0.510. The van der Waals surface area contributed by atoms with E-state index in [0.717, 1.165) is 0 Å². The van der Waals surface area contributed by atoms with Crippen LogP contribution in [0.2, 0.25) is 0 Å². The van der Waals surface area contributed by atoms with Crippen LogP contribution >= 0.6 is 23.1 Å². The fourth-order valence-corrected chi connectivity index (χ4v) is 4.55. The molecule has 31 heavy (non-hydrogen) atoms. The summed E-state index contributed by atoms with van der Waals surface area (Å²) in [5.41, 5.74) is 0.642. The molecule has 0 saturated carbocycles. The summed E-state index contributed by atoms with van der Waals surface area (Å²) < 4.78 is 10.8. The Morgan fingerprint density at radius 3 is 2.87 bits per heavy atom. The number of aromatic nitrogens is 2. The number of benzene rings is 1. The topological polar surface area (TPSA) is 123 Å². The van der Waals surface area contributed by atoms with Crippen LogP contribution in [0.3, 0.4) is 0 Å². The van der Waals surface area contributed by atoms with Gasteiger partial charge in [-0.15, -0.1) is 10.2 Å². The predicted octanol–water partition coefficient (Wildman–Crippen LogP) is 1.39. The summed E-state index contributed by atoms with van der Waals surface area (Å²) in [4.78, 5) is 38.4. The van der Waals surface area contributed by atoms with Crippen molar-refractivity contribution in [3.05, 3.63) is 24.3 Å². The lowest BCUT2D eigenvalue weighted by atomic mass is 10.1. The van der Waals surface area contributed by atoms with E-state index in [1.54, 1.807) is 24.1 Å². The van der Waals surface area contributed by atoms with Crippen molar-refractivity contribution >= 4 is 51.6 Å². The highest BCUT2D eigenvalue weighted by molar-refractivity contribution is 8.01. The van der Waals surface area contributed by atoms with E-state index in [0.29, 0.717) is 34.1 Å². The Morgan fingerprint density at radius 1 is 1.29 bits per heavy atom. The molecule has 12 heteroatoms. The summed E-state index contributed by atoms with van der Waals surface area (Å²) in [5, 5.41) is 13.7. The first kappa shape index (κ1) is 23.0. The number of hydrogen-bond acceptors (Lipinski definition) is 9. The van der Waals surface area contributed by atoms with Crippen LogP contribution in [0.4, 0.5) is 10.8 Å². The largest absolute Gasteiger partial charge is 0.495 e. The van der Waals surface area contributed by atoms with Crippen molar-refractivity contribution < 1.29 is 23.9 Å². The Labute approximate surface area is 187 Å². The molecule has 1 aliphatic heterocycles. The average Bonchev–Trinajstić information content (AvgIpc) is 3.38. The van der Waals surface area contributed by atoms with Gasteiger partial charge in [-0.1, -0.05) is 35.2 Å². The van der Waals surface area contributed by atoms with Crippen LogP contribution in [0.25, 0.3) is 0 Å². The van der Waals surface area contributed by atoms with Gasteiger partial charge in [-0.25, -0.2) is 0 Å². The second-order valence-electron chi connectivity index (χ2n) is 6.57. The SMILES string of the molecule is COCCNC(=O)CSc1nnc(NC(=O)[C@H]2CC(=O)N(c3ccccc3OC)C2)s1. The highest BCUT2D eigenvalue weighted by Gasteiger charge is 2.36. The Hall–Kier alpha value is -2.70. The maximum absolute atomic E-state index is 12.6. The molecule has 1 aromatic heterocycles. The Kier molecular flexibility index (Phi) is 8.20. The Bertz CT molecular complexity index is 938. The van der Waals surface area contributed by atoms with Gasteiger partial charge >= 0.3 is 0 Å². The first-order valence-electron chi connectivity index (χ1n) is 9.48. The number of carbonyl (C=O) groups is 3. The molecule has 1 aromatic carbocycles. The van der Waals surface area contributed by atoms with Crippen molar-refractivity contribution in [3.63, 3.8) is 0 Å². The molecule has 0 bridgehead atoms. The van der Waals surface area contributed by atoms with Gasteiger partial charge in [0.05, 0.1) is 31.1 Å². The van der Waals surface area contributed by atoms with Crippen LogP contribution in [0, 0.1) is 5.92 Å². The third kappa shape index (κ3) is 6.15. The van der Waals surface area contributed by atoms with E-state index >= 15 is 0 Å². The fraction of sp³-hybridized carbons (Fsp3) is 0.421. The number of ether oxygens (including phenoxy) is 2. The van der Waals surface area contributed by atoms with E-state index in [2.05, 4.69) is 20.8 Å². The molecule has 0 radical (unpaired) electrons. The molecule has 1 aliphatic rings. The molecular formula is C19H23N5O5S2. The van der Waals surface area contributed by atoms with Crippen molar-refractivity contribution in [2.24, 2.45) is 5.92 Å². The number of nitrogens with one attached hydrogen (secondary N) is 2. The van der Waals surface area contributed by atoms with Crippen molar-refractivity contribution in [1.82, 2.24) is 15.5 Å². The number of carbonyl (C=O) groups excluding carboxylic acids is 3. The first-order valence-corrected chi connectivity index (χ1v) is 11.3. The van der Waals surface area contributed by atoms with E-state index in [1.165, 1.54) is 30.2 Å². The van der Waals surface area contributed by atoms with E-state index in [9.17, 15) is 14.4 Å². The second-order valence-corrected chi connectivity index (χ2v) is 8.77. The molecule has 1 saturated heterocycles. The van der Waals surface area contributed by atoms with Crippen LogP contribution in [-0.2, 0) is 19.1 Å². The number of methoxy groups -OCH3 is 2.